The molecule has 0 aromatic carbocycles. The van der Waals surface area contributed by atoms with Gasteiger partial charge in [0.25, 0.3) is 5.91 Å². The Bertz CT molecular complexity index is 674. The molecule has 122 valence electrons. The Labute approximate surface area is 139 Å². The van der Waals surface area contributed by atoms with Crippen molar-refractivity contribution in [2.24, 2.45) is 0 Å². The van der Waals surface area contributed by atoms with Crippen molar-refractivity contribution in [1.29, 1.82) is 0 Å². The Balaban J connectivity index is 1.38. The number of nitrogens with zero attached hydrogens (tertiary/aromatic N) is 4. The molecule has 2 aromatic heterocycles. The predicted octanol–water partition coefficient (Wildman–Crippen LogP) is 1.97. The molecule has 0 N–H and O–H groups in total. The number of amides is 1. The minimum Gasteiger partial charge on any atom is -0.360 e. The molecule has 4 rings (SSSR count). The first kappa shape index (κ1) is 14.8. The highest BCUT2D eigenvalue weighted by Crippen LogP contribution is 2.25. The lowest BCUT2D eigenvalue weighted by Crippen LogP contribution is -2.48. The van der Waals surface area contributed by atoms with E-state index in [9.17, 15) is 4.79 Å². The van der Waals surface area contributed by atoms with E-state index in [1.807, 2.05) is 10.4 Å². The summed E-state index contributed by atoms with van der Waals surface area (Å²) in [5, 5.41) is 6.15. The second-order valence-electron chi connectivity index (χ2n) is 6.19. The van der Waals surface area contributed by atoms with Gasteiger partial charge in [0.1, 0.15) is 5.76 Å². The zero-order chi connectivity index (χ0) is 15.6. The maximum atomic E-state index is 12.7. The van der Waals surface area contributed by atoms with Gasteiger partial charge >= 0.3 is 0 Å². The maximum absolute atomic E-state index is 12.7. The van der Waals surface area contributed by atoms with Crippen molar-refractivity contribution in [3.05, 3.63) is 33.6 Å². The summed E-state index contributed by atoms with van der Waals surface area (Å²) in [6.45, 7) is 4.10. The Morgan fingerprint density at radius 1 is 1.22 bits per heavy atom. The minimum atomic E-state index is 0.0326. The molecular weight excluding hydrogens is 312 g/mol. The van der Waals surface area contributed by atoms with Crippen molar-refractivity contribution in [1.82, 2.24) is 19.9 Å². The number of piperazine rings is 1. The van der Waals surface area contributed by atoms with Gasteiger partial charge in [0.05, 0.1) is 11.2 Å². The Morgan fingerprint density at radius 2 is 2.04 bits per heavy atom. The minimum absolute atomic E-state index is 0.0326. The average molecular weight is 332 g/mol. The largest absolute Gasteiger partial charge is 0.360 e. The van der Waals surface area contributed by atoms with Crippen LogP contribution in [-0.2, 0) is 19.4 Å². The quantitative estimate of drug-likeness (QED) is 0.860. The summed E-state index contributed by atoms with van der Waals surface area (Å²) in [6.07, 6.45) is 4.09. The van der Waals surface area contributed by atoms with Gasteiger partial charge in [0.15, 0.2) is 5.69 Å². The van der Waals surface area contributed by atoms with E-state index < -0.39 is 0 Å². The molecule has 1 aliphatic heterocycles. The standard InChI is InChI=1S/C16H20N4O2S/c21-16(15-13-3-1-2-4-14(13)22-18-15)20-7-5-19(6-8-20)9-12-10-23-11-17-12/h10-11H,1-9H2. The van der Waals surface area contributed by atoms with Crippen LogP contribution in [0.1, 0.15) is 40.3 Å². The number of thiazole rings is 1. The fraction of sp³-hybridized carbons (Fsp3) is 0.562. The highest BCUT2D eigenvalue weighted by atomic mass is 32.1. The smallest absolute Gasteiger partial charge is 0.276 e. The van der Waals surface area contributed by atoms with Crippen molar-refractivity contribution >= 4 is 17.2 Å². The zero-order valence-electron chi connectivity index (χ0n) is 13.0. The first-order valence-electron chi connectivity index (χ1n) is 8.17. The highest BCUT2D eigenvalue weighted by molar-refractivity contribution is 7.07. The second-order valence-corrected chi connectivity index (χ2v) is 6.91. The Kier molecular flexibility index (Phi) is 4.13. The van der Waals surface area contributed by atoms with Crippen molar-refractivity contribution in [3.63, 3.8) is 0 Å². The van der Waals surface area contributed by atoms with Crippen LogP contribution in [0.4, 0.5) is 0 Å². The fourth-order valence-corrected chi connectivity index (χ4v) is 3.91. The lowest BCUT2D eigenvalue weighted by atomic mass is 9.96. The first-order chi connectivity index (χ1) is 11.3. The normalized spacial score (nSPS) is 18.9. The molecular formula is C16H20N4O2S. The molecule has 3 heterocycles. The lowest BCUT2D eigenvalue weighted by molar-refractivity contribution is 0.0616. The van der Waals surface area contributed by atoms with Gasteiger partial charge in [-0.3, -0.25) is 9.69 Å². The monoisotopic (exact) mass is 332 g/mol. The van der Waals surface area contributed by atoms with Gasteiger partial charge in [-0.2, -0.15) is 0 Å². The molecule has 2 aliphatic rings. The van der Waals surface area contributed by atoms with E-state index in [1.54, 1.807) is 11.3 Å². The number of carbonyl (C=O) groups excluding carboxylic acids is 1. The molecule has 6 nitrogen and oxygen atoms in total. The van der Waals surface area contributed by atoms with E-state index in [1.165, 1.54) is 0 Å². The summed E-state index contributed by atoms with van der Waals surface area (Å²) in [5.74, 6) is 0.951. The zero-order valence-corrected chi connectivity index (χ0v) is 13.8. The molecule has 23 heavy (non-hydrogen) atoms. The van der Waals surface area contributed by atoms with E-state index in [0.29, 0.717) is 5.69 Å². The molecule has 0 saturated carbocycles. The van der Waals surface area contributed by atoms with Crippen molar-refractivity contribution in [2.45, 2.75) is 32.2 Å². The molecule has 7 heteroatoms. The summed E-state index contributed by atoms with van der Waals surface area (Å²) >= 11 is 1.62. The van der Waals surface area contributed by atoms with Crippen LogP contribution in [-0.4, -0.2) is 52.0 Å². The number of aryl methyl sites for hydroxylation is 1. The van der Waals surface area contributed by atoms with Crippen LogP contribution in [0, 0.1) is 0 Å². The van der Waals surface area contributed by atoms with Crippen LogP contribution < -0.4 is 0 Å². The van der Waals surface area contributed by atoms with Gasteiger partial charge in [0.2, 0.25) is 0 Å². The van der Waals surface area contributed by atoms with Crippen LogP contribution in [0.3, 0.4) is 0 Å². The molecule has 0 spiro atoms. The van der Waals surface area contributed by atoms with Crippen LogP contribution >= 0.6 is 11.3 Å². The van der Waals surface area contributed by atoms with E-state index in [0.717, 1.165) is 75.4 Å². The third kappa shape index (κ3) is 3.03. The fourth-order valence-electron chi connectivity index (χ4n) is 3.36. The van der Waals surface area contributed by atoms with Gasteiger partial charge in [0, 0.05) is 50.1 Å². The summed E-state index contributed by atoms with van der Waals surface area (Å²) in [6, 6.07) is 0. The Hall–Kier alpha value is -1.73. The number of hydrogen-bond donors (Lipinski definition) is 0. The number of hydrogen-bond acceptors (Lipinski definition) is 6. The van der Waals surface area contributed by atoms with Crippen molar-refractivity contribution in [2.75, 3.05) is 26.2 Å². The molecule has 1 fully saturated rings. The van der Waals surface area contributed by atoms with Crippen LogP contribution in [0.15, 0.2) is 15.4 Å². The number of aromatic nitrogens is 2. The topological polar surface area (TPSA) is 62.5 Å². The van der Waals surface area contributed by atoms with Crippen molar-refractivity contribution in [3.8, 4) is 0 Å². The summed E-state index contributed by atoms with van der Waals surface area (Å²) in [7, 11) is 0. The third-order valence-electron chi connectivity index (χ3n) is 4.68. The van der Waals surface area contributed by atoms with Gasteiger partial charge in [-0.25, -0.2) is 4.98 Å². The molecule has 0 atom stereocenters. The SMILES string of the molecule is O=C(c1noc2c1CCCC2)N1CCN(Cc2cscn2)CC1. The summed E-state index contributed by atoms with van der Waals surface area (Å²) in [5.41, 5.74) is 4.57. The van der Waals surface area contributed by atoms with Gasteiger partial charge in [-0.1, -0.05) is 5.16 Å². The Morgan fingerprint density at radius 3 is 2.83 bits per heavy atom. The van der Waals surface area contributed by atoms with E-state index in [-0.39, 0.29) is 5.91 Å². The second kappa shape index (κ2) is 6.41. The van der Waals surface area contributed by atoms with Gasteiger partial charge < -0.3 is 9.42 Å². The predicted molar refractivity (Wildman–Crippen MR) is 86.4 cm³/mol. The average Bonchev–Trinajstić information content (AvgIpc) is 3.24. The molecule has 1 aliphatic carbocycles. The highest BCUT2D eigenvalue weighted by Gasteiger charge is 2.29. The first-order valence-corrected chi connectivity index (χ1v) is 9.11. The van der Waals surface area contributed by atoms with E-state index >= 15 is 0 Å². The number of rotatable bonds is 3. The molecule has 1 saturated heterocycles. The van der Waals surface area contributed by atoms with Gasteiger partial charge in [-0.15, -0.1) is 11.3 Å². The maximum Gasteiger partial charge on any atom is 0.276 e. The summed E-state index contributed by atoms with van der Waals surface area (Å²) in [4.78, 5) is 21.3. The molecule has 0 radical (unpaired) electrons. The molecule has 1 amide bonds. The van der Waals surface area contributed by atoms with Gasteiger partial charge in [-0.05, 0) is 19.3 Å². The van der Waals surface area contributed by atoms with E-state index in [4.69, 9.17) is 4.52 Å². The van der Waals surface area contributed by atoms with Crippen molar-refractivity contribution < 1.29 is 9.32 Å². The van der Waals surface area contributed by atoms with E-state index in [2.05, 4.69) is 20.4 Å². The lowest BCUT2D eigenvalue weighted by Gasteiger charge is -2.34. The number of fused-ring (bicyclic) bond motifs is 1. The summed E-state index contributed by atoms with van der Waals surface area (Å²) < 4.78 is 5.38. The molecule has 0 unspecified atom stereocenters. The number of carbonyl (C=O) groups is 1. The third-order valence-corrected chi connectivity index (χ3v) is 5.32. The van der Waals surface area contributed by atoms with Crippen LogP contribution in [0.2, 0.25) is 0 Å². The van der Waals surface area contributed by atoms with Crippen LogP contribution in [0.25, 0.3) is 0 Å². The molecule has 0 bridgehead atoms. The molecule has 2 aromatic rings. The van der Waals surface area contributed by atoms with Crippen LogP contribution in [0.5, 0.6) is 0 Å².